The van der Waals surface area contributed by atoms with Crippen molar-refractivity contribution in [2.45, 2.75) is 31.6 Å². The molecule has 0 aromatic carbocycles. The largest absolute Gasteiger partial charge is 0.381 e. The monoisotopic (exact) mass is 226 g/mol. The van der Waals surface area contributed by atoms with Crippen LogP contribution in [0.5, 0.6) is 0 Å². The third kappa shape index (κ3) is 2.47. The van der Waals surface area contributed by atoms with Gasteiger partial charge in [-0.05, 0) is 19.8 Å². The van der Waals surface area contributed by atoms with E-state index >= 15 is 0 Å². The molecule has 0 aliphatic carbocycles. The minimum atomic E-state index is 0.363. The average molecular weight is 227 g/mol. The second-order valence-corrected chi connectivity index (χ2v) is 4.15. The van der Waals surface area contributed by atoms with E-state index in [1.165, 1.54) is 0 Å². The van der Waals surface area contributed by atoms with E-state index in [9.17, 15) is 0 Å². The van der Waals surface area contributed by atoms with Crippen molar-refractivity contribution in [3.05, 3.63) is 23.3 Å². The standard InChI is InChI=1S/C11H15ClN2O/c1-8-10(5-12)6-13-11(14-8)9-3-2-4-15-7-9/h6,9H,2-5,7H2,1H3. The number of halogens is 1. The lowest BCUT2D eigenvalue weighted by Gasteiger charge is -2.21. The third-order valence-corrected chi connectivity index (χ3v) is 3.06. The number of rotatable bonds is 2. The number of alkyl halides is 1. The molecule has 0 N–H and O–H groups in total. The Morgan fingerprint density at radius 1 is 1.60 bits per heavy atom. The lowest BCUT2D eigenvalue weighted by atomic mass is 10.0. The van der Waals surface area contributed by atoms with Gasteiger partial charge in [0.2, 0.25) is 0 Å². The highest BCUT2D eigenvalue weighted by Crippen LogP contribution is 2.23. The molecule has 1 unspecified atom stereocenters. The van der Waals surface area contributed by atoms with Crippen LogP contribution in [0.2, 0.25) is 0 Å². The van der Waals surface area contributed by atoms with Gasteiger partial charge < -0.3 is 4.74 Å². The summed E-state index contributed by atoms with van der Waals surface area (Å²) < 4.78 is 5.43. The summed E-state index contributed by atoms with van der Waals surface area (Å²) in [5.74, 6) is 1.75. The fourth-order valence-corrected chi connectivity index (χ4v) is 2.04. The molecular formula is C11H15ClN2O. The molecule has 0 bridgehead atoms. The molecule has 2 rings (SSSR count). The number of aryl methyl sites for hydroxylation is 1. The maximum absolute atomic E-state index is 5.77. The molecule has 1 aliphatic rings. The van der Waals surface area contributed by atoms with E-state index in [-0.39, 0.29) is 0 Å². The Kier molecular flexibility index (Phi) is 3.54. The van der Waals surface area contributed by atoms with Crippen LogP contribution in [0.15, 0.2) is 6.20 Å². The topological polar surface area (TPSA) is 35.0 Å². The highest BCUT2D eigenvalue weighted by Gasteiger charge is 2.19. The molecule has 15 heavy (non-hydrogen) atoms. The fourth-order valence-electron chi connectivity index (χ4n) is 1.78. The fraction of sp³-hybridized carbons (Fsp3) is 0.636. The number of aromatic nitrogens is 2. The van der Waals surface area contributed by atoms with Gasteiger partial charge in [0.1, 0.15) is 5.82 Å². The summed E-state index contributed by atoms with van der Waals surface area (Å²) >= 11 is 5.77. The van der Waals surface area contributed by atoms with Crippen molar-refractivity contribution >= 4 is 11.6 Å². The van der Waals surface area contributed by atoms with Crippen LogP contribution in [0.3, 0.4) is 0 Å². The van der Waals surface area contributed by atoms with E-state index in [0.717, 1.165) is 43.1 Å². The molecule has 1 atom stereocenters. The molecule has 0 amide bonds. The van der Waals surface area contributed by atoms with E-state index in [1.54, 1.807) is 0 Å². The van der Waals surface area contributed by atoms with Crippen LogP contribution >= 0.6 is 11.6 Å². The molecule has 1 aromatic rings. The number of hydrogen-bond acceptors (Lipinski definition) is 3. The zero-order chi connectivity index (χ0) is 10.7. The van der Waals surface area contributed by atoms with Crippen LogP contribution in [0.25, 0.3) is 0 Å². The molecule has 4 heteroatoms. The van der Waals surface area contributed by atoms with E-state index in [2.05, 4.69) is 9.97 Å². The molecule has 1 fully saturated rings. The van der Waals surface area contributed by atoms with Crippen molar-refractivity contribution in [1.29, 1.82) is 0 Å². The number of hydrogen-bond donors (Lipinski definition) is 0. The Bertz CT molecular complexity index is 337. The summed E-state index contributed by atoms with van der Waals surface area (Å²) in [7, 11) is 0. The molecule has 1 aromatic heterocycles. The van der Waals surface area contributed by atoms with Crippen molar-refractivity contribution < 1.29 is 4.74 Å². The summed E-state index contributed by atoms with van der Waals surface area (Å²) in [4.78, 5) is 8.85. The first-order valence-electron chi connectivity index (χ1n) is 5.27. The van der Waals surface area contributed by atoms with Crippen LogP contribution < -0.4 is 0 Å². The molecule has 0 spiro atoms. The number of ether oxygens (including phenoxy) is 1. The zero-order valence-electron chi connectivity index (χ0n) is 8.87. The van der Waals surface area contributed by atoms with Crippen molar-refractivity contribution in [3.63, 3.8) is 0 Å². The second kappa shape index (κ2) is 4.90. The van der Waals surface area contributed by atoms with Gasteiger partial charge in [0.15, 0.2) is 0 Å². The second-order valence-electron chi connectivity index (χ2n) is 3.89. The molecular weight excluding hydrogens is 212 g/mol. The van der Waals surface area contributed by atoms with Gasteiger partial charge in [0.25, 0.3) is 0 Å². The van der Waals surface area contributed by atoms with E-state index < -0.39 is 0 Å². The summed E-state index contributed by atoms with van der Waals surface area (Å²) in [6, 6.07) is 0. The SMILES string of the molecule is Cc1nc(C2CCCOC2)ncc1CCl. The summed E-state index contributed by atoms with van der Waals surface area (Å²) in [5, 5.41) is 0. The van der Waals surface area contributed by atoms with Crippen LogP contribution in [0.1, 0.15) is 35.8 Å². The lowest BCUT2D eigenvalue weighted by Crippen LogP contribution is -2.18. The predicted octanol–water partition coefficient (Wildman–Crippen LogP) is 2.42. The molecule has 1 aliphatic heterocycles. The van der Waals surface area contributed by atoms with E-state index in [4.69, 9.17) is 16.3 Å². The van der Waals surface area contributed by atoms with Gasteiger partial charge in [-0.3, -0.25) is 0 Å². The van der Waals surface area contributed by atoms with Crippen molar-refractivity contribution in [3.8, 4) is 0 Å². The van der Waals surface area contributed by atoms with Gasteiger partial charge >= 0.3 is 0 Å². The lowest BCUT2D eigenvalue weighted by molar-refractivity contribution is 0.0780. The maximum atomic E-state index is 5.77. The Morgan fingerprint density at radius 2 is 2.47 bits per heavy atom. The Morgan fingerprint density at radius 3 is 3.07 bits per heavy atom. The van der Waals surface area contributed by atoms with Gasteiger partial charge in [-0.15, -0.1) is 11.6 Å². The Balaban J connectivity index is 2.17. The molecule has 3 nitrogen and oxygen atoms in total. The summed E-state index contributed by atoms with van der Waals surface area (Å²) in [5.41, 5.74) is 2.00. The minimum absolute atomic E-state index is 0.363. The number of nitrogens with zero attached hydrogens (tertiary/aromatic N) is 2. The minimum Gasteiger partial charge on any atom is -0.381 e. The first-order valence-corrected chi connectivity index (χ1v) is 5.81. The summed E-state index contributed by atoms with van der Waals surface area (Å²) in [6.07, 6.45) is 4.06. The molecule has 2 heterocycles. The van der Waals surface area contributed by atoms with Gasteiger partial charge in [0.05, 0.1) is 12.5 Å². The highest BCUT2D eigenvalue weighted by atomic mass is 35.5. The van der Waals surface area contributed by atoms with Crippen LogP contribution in [0.4, 0.5) is 0 Å². The third-order valence-electron chi connectivity index (χ3n) is 2.77. The first-order chi connectivity index (χ1) is 7.31. The quantitative estimate of drug-likeness (QED) is 0.727. The van der Waals surface area contributed by atoms with Gasteiger partial charge in [-0.25, -0.2) is 9.97 Å². The molecule has 82 valence electrons. The van der Waals surface area contributed by atoms with Crippen molar-refractivity contribution in [2.75, 3.05) is 13.2 Å². The zero-order valence-corrected chi connectivity index (χ0v) is 9.63. The van der Waals surface area contributed by atoms with Gasteiger partial charge in [-0.2, -0.15) is 0 Å². The van der Waals surface area contributed by atoms with E-state index in [1.807, 2.05) is 13.1 Å². The Hall–Kier alpha value is -0.670. The van der Waals surface area contributed by atoms with Crippen molar-refractivity contribution in [2.24, 2.45) is 0 Å². The normalized spacial score (nSPS) is 21.6. The maximum Gasteiger partial charge on any atom is 0.133 e. The van der Waals surface area contributed by atoms with Crippen molar-refractivity contribution in [1.82, 2.24) is 9.97 Å². The van der Waals surface area contributed by atoms with E-state index in [0.29, 0.717) is 11.8 Å². The Labute approximate surface area is 94.8 Å². The van der Waals surface area contributed by atoms with Gasteiger partial charge in [-0.1, -0.05) is 0 Å². The average Bonchev–Trinajstić information content (AvgIpc) is 2.30. The molecule has 0 radical (unpaired) electrons. The summed E-state index contributed by atoms with van der Waals surface area (Å²) in [6.45, 7) is 3.60. The molecule has 1 saturated heterocycles. The van der Waals surface area contributed by atoms with Crippen LogP contribution in [-0.4, -0.2) is 23.2 Å². The smallest absolute Gasteiger partial charge is 0.133 e. The molecule has 0 saturated carbocycles. The van der Waals surface area contributed by atoms with Gasteiger partial charge in [0, 0.05) is 30.0 Å². The first kappa shape index (κ1) is 10.8. The predicted molar refractivity (Wildman–Crippen MR) is 59.1 cm³/mol. The van der Waals surface area contributed by atoms with Crippen LogP contribution in [0, 0.1) is 6.92 Å². The van der Waals surface area contributed by atoms with Crippen LogP contribution in [-0.2, 0) is 10.6 Å². The highest BCUT2D eigenvalue weighted by molar-refractivity contribution is 6.17.